The van der Waals surface area contributed by atoms with Crippen molar-refractivity contribution in [2.75, 3.05) is 13.1 Å². The van der Waals surface area contributed by atoms with Crippen LogP contribution in [0.4, 0.5) is 0 Å². The fraction of sp³-hybridized carbons (Fsp3) is 0.867. The van der Waals surface area contributed by atoms with Crippen LogP contribution in [0.2, 0.25) is 0 Å². The number of hydrogen-bond donors (Lipinski definition) is 1. The number of fused-ring (bicyclic) bond motifs is 2. The van der Waals surface area contributed by atoms with Crippen molar-refractivity contribution in [3.63, 3.8) is 0 Å². The predicted octanol–water partition coefficient (Wildman–Crippen LogP) is 1.55. The molecule has 3 aliphatic rings. The summed E-state index contributed by atoms with van der Waals surface area (Å²) in [5, 5.41) is 2.57. The van der Waals surface area contributed by atoms with Gasteiger partial charge >= 0.3 is 0 Å². The van der Waals surface area contributed by atoms with Gasteiger partial charge in [0, 0.05) is 23.8 Å². The molecule has 4 heteroatoms. The van der Waals surface area contributed by atoms with Crippen LogP contribution in [0, 0.1) is 17.3 Å². The minimum Gasteiger partial charge on any atom is -0.300 e. The van der Waals surface area contributed by atoms with Crippen LogP contribution >= 0.6 is 0 Å². The van der Waals surface area contributed by atoms with Crippen molar-refractivity contribution in [3.05, 3.63) is 0 Å². The third-order valence-electron chi connectivity index (χ3n) is 5.36. The van der Waals surface area contributed by atoms with E-state index in [4.69, 9.17) is 0 Å². The second kappa shape index (κ2) is 4.58. The lowest BCUT2D eigenvalue weighted by molar-refractivity contribution is -0.145. The van der Waals surface area contributed by atoms with Gasteiger partial charge in [0.05, 0.1) is 0 Å². The summed E-state index contributed by atoms with van der Waals surface area (Å²) >= 11 is 0. The van der Waals surface area contributed by atoms with E-state index in [2.05, 4.69) is 24.1 Å². The fourth-order valence-corrected chi connectivity index (χ4v) is 4.64. The largest absolute Gasteiger partial charge is 0.300 e. The normalized spacial score (nSPS) is 39.1. The number of carbonyl (C=O) groups excluding carboxylic acids is 2. The van der Waals surface area contributed by atoms with Crippen LogP contribution in [0.5, 0.6) is 0 Å². The molecule has 106 valence electrons. The highest BCUT2D eigenvalue weighted by atomic mass is 16.2. The van der Waals surface area contributed by atoms with Crippen LogP contribution < -0.4 is 5.32 Å². The van der Waals surface area contributed by atoms with Crippen LogP contribution in [-0.4, -0.2) is 35.8 Å². The molecule has 0 aliphatic carbocycles. The third kappa shape index (κ3) is 2.00. The number of piperidine rings is 1. The Morgan fingerprint density at radius 3 is 2.89 bits per heavy atom. The van der Waals surface area contributed by atoms with Gasteiger partial charge in [-0.2, -0.15) is 0 Å². The van der Waals surface area contributed by atoms with Gasteiger partial charge in [0.15, 0.2) is 0 Å². The fourth-order valence-electron chi connectivity index (χ4n) is 4.64. The maximum absolute atomic E-state index is 12.3. The van der Waals surface area contributed by atoms with E-state index < -0.39 is 0 Å². The number of carbonyl (C=O) groups is 2. The summed E-state index contributed by atoms with van der Waals surface area (Å²) in [5.41, 5.74) is -0.0693. The first-order valence-electron chi connectivity index (χ1n) is 7.61. The molecule has 3 saturated heterocycles. The lowest BCUT2D eigenvalue weighted by Crippen LogP contribution is -2.56. The zero-order chi connectivity index (χ0) is 13.6. The van der Waals surface area contributed by atoms with E-state index in [0.29, 0.717) is 18.4 Å². The Bertz CT molecular complexity index is 407. The van der Waals surface area contributed by atoms with E-state index >= 15 is 0 Å². The van der Waals surface area contributed by atoms with Crippen molar-refractivity contribution >= 4 is 11.8 Å². The molecule has 1 N–H and O–H groups in total. The molecule has 0 aromatic rings. The predicted molar refractivity (Wildman–Crippen MR) is 72.4 cm³/mol. The highest BCUT2D eigenvalue weighted by Crippen LogP contribution is 2.53. The standard InChI is InChI=1S/C15H24N2O2/c1-10(2)8-11-14(19)16-13(18)9-15(11)5-7-17-6-3-4-12(15)17/h10-12H,3-9H2,1-2H3,(H,16,18,19). The first kappa shape index (κ1) is 13.1. The Morgan fingerprint density at radius 1 is 1.37 bits per heavy atom. The molecule has 1 spiro atoms. The molecule has 19 heavy (non-hydrogen) atoms. The maximum atomic E-state index is 12.3. The zero-order valence-electron chi connectivity index (χ0n) is 11.9. The summed E-state index contributed by atoms with van der Waals surface area (Å²) in [7, 11) is 0. The molecule has 0 saturated carbocycles. The van der Waals surface area contributed by atoms with E-state index in [0.717, 1.165) is 32.4 Å². The van der Waals surface area contributed by atoms with Gasteiger partial charge in [-0.15, -0.1) is 0 Å². The Morgan fingerprint density at radius 2 is 2.16 bits per heavy atom. The summed E-state index contributed by atoms with van der Waals surface area (Å²) in [5.74, 6) is 0.451. The number of nitrogens with one attached hydrogen (secondary N) is 1. The Labute approximate surface area is 114 Å². The molecule has 3 unspecified atom stereocenters. The lowest BCUT2D eigenvalue weighted by Gasteiger charge is -2.44. The summed E-state index contributed by atoms with van der Waals surface area (Å²) in [6, 6.07) is 0.464. The Hall–Kier alpha value is -0.900. The number of rotatable bonds is 2. The van der Waals surface area contributed by atoms with E-state index in [-0.39, 0.29) is 23.1 Å². The van der Waals surface area contributed by atoms with Crippen LogP contribution in [0.1, 0.15) is 46.0 Å². The van der Waals surface area contributed by atoms with Gasteiger partial charge in [0.25, 0.3) is 0 Å². The molecule has 0 aromatic heterocycles. The van der Waals surface area contributed by atoms with Crippen molar-refractivity contribution < 1.29 is 9.59 Å². The van der Waals surface area contributed by atoms with E-state index in [9.17, 15) is 9.59 Å². The van der Waals surface area contributed by atoms with E-state index in [1.807, 2.05) is 0 Å². The SMILES string of the molecule is CC(C)CC1C(=O)NC(=O)CC12CCN1CCCC12. The first-order valence-corrected chi connectivity index (χ1v) is 7.61. The molecule has 3 atom stereocenters. The van der Waals surface area contributed by atoms with E-state index in [1.165, 1.54) is 6.42 Å². The molecule has 3 fully saturated rings. The molecule has 3 rings (SSSR count). The van der Waals surface area contributed by atoms with Gasteiger partial charge in [-0.3, -0.25) is 19.8 Å². The number of hydrogen-bond acceptors (Lipinski definition) is 3. The average molecular weight is 264 g/mol. The van der Waals surface area contributed by atoms with Gasteiger partial charge < -0.3 is 0 Å². The van der Waals surface area contributed by atoms with Crippen LogP contribution in [-0.2, 0) is 9.59 Å². The molecule has 0 radical (unpaired) electrons. The summed E-state index contributed by atoms with van der Waals surface area (Å²) < 4.78 is 0. The minimum absolute atomic E-state index is 0.0151. The smallest absolute Gasteiger partial charge is 0.230 e. The minimum atomic E-state index is -0.0693. The number of amides is 2. The molecule has 4 nitrogen and oxygen atoms in total. The van der Waals surface area contributed by atoms with Crippen molar-refractivity contribution in [2.45, 2.75) is 52.0 Å². The third-order valence-corrected chi connectivity index (χ3v) is 5.36. The van der Waals surface area contributed by atoms with Gasteiger partial charge in [-0.25, -0.2) is 0 Å². The summed E-state index contributed by atoms with van der Waals surface area (Å²) in [6.07, 6.45) is 4.86. The quantitative estimate of drug-likeness (QED) is 0.770. The second-order valence-corrected chi connectivity index (χ2v) is 6.95. The zero-order valence-corrected chi connectivity index (χ0v) is 11.9. The van der Waals surface area contributed by atoms with Gasteiger partial charge in [-0.1, -0.05) is 13.8 Å². The monoisotopic (exact) mass is 264 g/mol. The molecule has 0 bridgehead atoms. The number of nitrogens with zero attached hydrogens (tertiary/aromatic N) is 1. The summed E-state index contributed by atoms with van der Waals surface area (Å²) in [4.78, 5) is 26.8. The van der Waals surface area contributed by atoms with Crippen LogP contribution in [0.15, 0.2) is 0 Å². The topological polar surface area (TPSA) is 49.4 Å². The highest BCUT2D eigenvalue weighted by molar-refractivity contribution is 6.00. The second-order valence-electron chi connectivity index (χ2n) is 6.95. The lowest BCUT2D eigenvalue weighted by atomic mass is 9.62. The summed E-state index contributed by atoms with van der Waals surface area (Å²) in [6.45, 7) is 6.55. The Balaban J connectivity index is 1.94. The van der Waals surface area contributed by atoms with Crippen molar-refractivity contribution in [2.24, 2.45) is 17.3 Å². The molecular weight excluding hydrogens is 240 g/mol. The number of imide groups is 1. The van der Waals surface area contributed by atoms with Crippen molar-refractivity contribution in [3.8, 4) is 0 Å². The molecule has 0 aromatic carbocycles. The van der Waals surface area contributed by atoms with Gasteiger partial charge in [0.1, 0.15) is 0 Å². The highest BCUT2D eigenvalue weighted by Gasteiger charge is 2.58. The van der Waals surface area contributed by atoms with Crippen LogP contribution in [0.25, 0.3) is 0 Å². The molecule has 2 amide bonds. The maximum Gasteiger partial charge on any atom is 0.230 e. The average Bonchev–Trinajstić information content (AvgIpc) is 2.88. The van der Waals surface area contributed by atoms with Gasteiger partial charge in [0.2, 0.25) is 11.8 Å². The van der Waals surface area contributed by atoms with E-state index in [1.54, 1.807) is 0 Å². The Kier molecular flexibility index (Phi) is 3.16. The molecule has 3 aliphatic heterocycles. The molecule has 3 heterocycles. The van der Waals surface area contributed by atoms with Crippen LogP contribution in [0.3, 0.4) is 0 Å². The first-order chi connectivity index (χ1) is 9.03. The van der Waals surface area contributed by atoms with Crippen molar-refractivity contribution in [1.82, 2.24) is 10.2 Å². The van der Waals surface area contributed by atoms with Gasteiger partial charge in [-0.05, 0) is 44.7 Å². The molecular formula is C15H24N2O2. The van der Waals surface area contributed by atoms with Crippen molar-refractivity contribution in [1.29, 1.82) is 0 Å².